The van der Waals surface area contributed by atoms with E-state index >= 15 is 0 Å². The molecule has 2 N–H and O–H groups in total. The molecule has 3 heterocycles. The van der Waals surface area contributed by atoms with Crippen LogP contribution in [0.25, 0.3) is 11.0 Å². The Morgan fingerprint density at radius 3 is 2.46 bits per heavy atom. The molecule has 1 amide bonds. The number of rotatable bonds is 7. The van der Waals surface area contributed by atoms with Gasteiger partial charge in [0.1, 0.15) is 17.7 Å². The highest BCUT2D eigenvalue weighted by Gasteiger charge is 2.34. The summed E-state index contributed by atoms with van der Waals surface area (Å²) in [6.45, 7) is 10.0. The second-order valence-corrected chi connectivity index (χ2v) is 10.0. The Bertz CT molecular complexity index is 1530. The maximum atomic E-state index is 14.0. The van der Waals surface area contributed by atoms with Gasteiger partial charge in [0.05, 0.1) is 10.9 Å². The number of hydrogen-bond acceptors (Lipinski definition) is 6. The summed E-state index contributed by atoms with van der Waals surface area (Å²) in [5.74, 6) is 0.185. The third-order valence-corrected chi connectivity index (χ3v) is 7.16. The number of aromatic nitrogens is 3. The number of benzene rings is 2. The monoisotopic (exact) mass is 588 g/mol. The van der Waals surface area contributed by atoms with Crippen LogP contribution in [0.15, 0.2) is 48.8 Å². The quantitative estimate of drug-likeness (QED) is 0.267. The fourth-order valence-corrected chi connectivity index (χ4v) is 4.85. The van der Waals surface area contributed by atoms with Gasteiger partial charge in [-0.3, -0.25) is 9.69 Å². The van der Waals surface area contributed by atoms with Crippen LogP contribution in [0.3, 0.4) is 0 Å². The topological polar surface area (TPSA) is 86.4 Å². The van der Waals surface area contributed by atoms with Gasteiger partial charge in [-0.25, -0.2) is 9.97 Å². The lowest BCUT2D eigenvalue weighted by Crippen LogP contribution is -2.45. The lowest BCUT2D eigenvalue weighted by molar-refractivity contribution is -0.138. The van der Waals surface area contributed by atoms with E-state index in [0.717, 1.165) is 37.0 Å². The molecule has 2 aromatic heterocycles. The molecule has 41 heavy (non-hydrogen) atoms. The van der Waals surface area contributed by atoms with E-state index in [4.69, 9.17) is 4.74 Å². The van der Waals surface area contributed by atoms with Gasteiger partial charge < -0.3 is 19.9 Å². The van der Waals surface area contributed by atoms with Crippen molar-refractivity contribution >= 4 is 35.0 Å². The number of fused-ring (bicyclic) bond motifs is 1. The molecule has 1 saturated heterocycles. The molecular weight excluding hydrogens is 557 g/mol. The molecule has 8 nitrogen and oxygen atoms in total. The molecule has 0 radical (unpaired) electrons. The number of hydrogen-bond donors (Lipinski definition) is 2. The predicted molar refractivity (Wildman–Crippen MR) is 154 cm³/mol. The average molecular weight is 589 g/mol. The van der Waals surface area contributed by atoms with Gasteiger partial charge in [0, 0.05) is 49.7 Å². The van der Waals surface area contributed by atoms with Crippen molar-refractivity contribution in [1.29, 1.82) is 0 Å². The standard InChI is InChI=1S/C29H31F3N6O2.ClH/c1-4-37-9-11-38(12-10-37)16-21-7-8-22(15-24(21)29(30,31)32)36-27(39)20-6-5-18(2)25(14-20)40-28-23-13-19(3)35-26(23)33-17-34-28;/h5-8,13-15,17H,4,9-12,16H2,1-3H3,(H,36,39)(H,33,34,35);1H. The van der Waals surface area contributed by atoms with Crippen LogP contribution in [0.1, 0.15) is 39.7 Å². The molecule has 0 atom stereocenters. The third-order valence-electron chi connectivity index (χ3n) is 7.16. The van der Waals surface area contributed by atoms with Gasteiger partial charge >= 0.3 is 6.18 Å². The van der Waals surface area contributed by atoms with Crippen molar-refractivity contribution in [3.63, 3.8) is 0 Å². The first-order chi connectivity index (χ1) is 19.1. The molecule has 1 aliphatic heterocycles. The zero-order valence-electron chi connectivity index (χ0n) is 23.0. The number of H-pyrrole nitrogens is 1. The maximum Gasteiger partial charge on any atom is 0.416 e. The van der Waals surface area contributed by atoms with E-state index in [1.54, 1.807) is 18.2 Å². The van der Waals surface area contributed by atoms with Gasteiger partial charge in [0.2, 0.25) is 5.88 Å². The molecule has 4 aromatic rings. The van der Waals surface area contributed by atoms with Crippen LogP contribution in [0.4, 0.5) is 18.9 Å². The molecule has 12 heteroatoms. The van der Waals surface area contributed by atoms with E-state index in [1.807, 2.05) is 24.8 Å². The molecule has 2 aromatic carbocycles. The fraction of sp³-hybridized carbons (Fsp3) is 0.345. The summed E-state index contributed by atoms with van der Waals surface area (Å²) in [5.41, 5.74) is 2.04. The number of anilines is 1. The van der Waals surface area contributed by atoms with Gasteiger partial charge in [-0.15, -0.1) is 12.4 Å². The number of nitrogens with zero attached hydrogens (tertiary/aromatic N) is 4. The second kappa shape index (κ2) is 12.5. The summed E-state index contributed by atoms with van der Waals surface area (Å²) in [6, 6.07) is 10.7. The van der Waals surface area contributed by atoms with E-state index in [-0.39, 0.29) is 35.8 Å². The average Bonchev–Trinajstić information content (AvgIpc) is 3.31. The minimum atomic E-state index is -4.55. The predicted octanol–water partition coefficient (Wildman–Crippen LogP) is 6.20. The SMILES string of the molecule is CCN1CCN(Cc2ccc(NC(=O)c3ccc(C)c(Oc4ncnc5[nH]c(C)cc45)c3)cc2C(F)(F)F)CC1.Cl. The highest BCUT2D eigenvalue weighted by atomic mass is 35.5. The number of aryl methyl sites for hydroxylation is 2. The number of ether oxygens (including phenoxy) is 1. The van der Waals surface area contributed by atoms with E-state index in [0.29, 0.717) is 35.8 Å². The molecule has 5 rings (SSSR count). The van der Waals surface area contributed by atoms with Crippen molar-refractivity contribution in [1.82, 2.24) is 24.8 Å². The van der Waals surface area contributed by atoms with E-state index in [2.05, 4.69) is 32.1 Å². The molecule has 0 bridgehead atoms. The van der Waals surface area contributed by atoms with Crippen molar-refractivity contribution in [2.75, 3.05) is 38.0 Å². The van der Waals surface area contributed by atoms with Gasteiger partial charge in [-0.1, -0.05) is 19.1 Å². The third kappa shape index (κ3) is 6.98. The Morgan fingerprint density at radius 2 is 1.76 bits per heavy atom. The minimum Gasteiger partial charge on any atom is -0.438 e. The smallest absolute Gasteiger partial charge is 0.416 e. The molecule has 1 fully saturated rings. The van der Waals surface area contributed by atoms with Crippen molar-refractivity contribution in [2.45, 2.75) is 33.5 Å². The number of carbonyl (C=O) groups excluding carboxylic acids is 1. The van der Waals surface area contributed by atoms with Crippen LogP contribution in [-0.4, -0.2) is 63.4 Å². The zero-order chi connectivity index (χ0) is 28.4. The summed E-state index contributed by atoms with van der Waals surface area (Å²) in [7, 11) is 0. The number of halogens is 4. The Balaban J connectivity index is 0.00000387. The number of carbonyl (C=O) groups is 1. The molecule has 0 aliphatic carbocycles. The molecule has 218 valence electrons. The van der Waals surface area contributed by atoms with Gasteiger partial charge in [-0.2, -0.15) is 13.2 Å². The van der Waals surface area contributed by atoms with Crippen molar-refractivity contribution in [3.8, 4) is 11.6 Å². The summed E-state index contributed by atoms with van der Waals surface area (Å²) in [5, 5.41) is 3.31. The fourth-order valence-electron chi connectivity index (χ4n) is 4.85. The van der Waals surface area contributed by atoms with Crippen LogP contribution >= 0.6 is 12.4 Å². The van der Waals surface area contributed by atoms with E-state index in [1.165, 1.54) is 18.5 Å². The van der Waals surface area contributed by atoms with Crippen molar-refractivity contribution < 1.29 is 22.7 Å². The number of piperazine rings is 1. The summed E-state index contributed by atoms with van der Waals surface area (Å²) >= 11 is 0. The first-order valence-corrected chi connectivity index (χ1v) is 13.2. The molecule has 0 unspecified atom stereocenters. The summed E-state index contributed by atoms with van der Waals surface area (Å²) in [4.78, 5) is 28.9. The first kappa shape index (κ1) is 30.3. The lowest BCUT2D eigenvalue weighted by atomic mass is 10.0. The molecular formula is C29H32ClF3N6O2. The Labute approximate surface area is 242 Å². The number of likely N-dealkylation sites (N-methyl/N-ethyl adjacent to an activating group) is 1. The van der Waals surface area contributed by atoms with Gasteiger partial charge in [0.15, 0.2) is 0 Å². The van der Waals surface area contributed by atoms with Crippen LogP contribution in [0, 0.1) is 13.8 Å². The Hall–Kier alpha value is -3.67. The first-order valence-electron chi connectivity index (χ1n) is 13.2. The number of nitrogens with one attached hydrogen (secondary N) is 2. The van der Waals surface area contributed by atoms with Crippen LogP contribution in [0.5, 0.6) is 11.6 Å². The van der Waals surface area contributed by atoms with Crippen LogP contribution < -0.4 is 10.1 Å². The van der Waals surface area contributed by atoms with E-state index < -0.39 is 17.6 Å². The van der Waals surface area contributed by atoms with Crippen LogP contribution in [0.2, 0.25) is 0 Å². The van der Waals surface area contributed by atoms with Gasteiger partial charge in [0.25, 0.3) is 5.91 Å². The van der Waals surface area contributed by atoms with E-state index in [9.17, 15) is 18.0 Å². The molecule has 1 aliphatic rings. The Kier molecular flexibility index (Phi) is 9.21. The van der Waals surface area contributed by atoms with Gasteiger partial charge in [-0.05, 0) is 61.9 Å². The summed E-state index contributed by atoms with van der Waals surface area (Å²) < 4.78 is 48.1. The number of aromatic amines is 1. The minimum absolute atomic E-state index is 0. The van der Waals surface area contributed by atoms with Crippen LogP contribution in [-0.2, 0) is 12.7 Å². The molecule has 0 spiro atoms. The normalized spacial score (nSPS) is 14.6. The second-order valence-electron chi connectivity index (χ2n) is 10.0. The molecule has 0 saturated carbocycles. The number of amides is 1. The van der Waals surface area contributed by atoms with Crippen molar-refractivity contribution in [3.05, 3.63) is 76.7 Å². The van der Waals surface area contributed by atoms with Crippen molar-refractivity contribution in [2.24, 2.45) is 0 Å². The highest BCUT2D eigenvalue weighted by Crippen LogP contribution is 2.35. The summed E-state index contributed by atoms with van der Waals surface area (Å²) in [6.07, 6.45) is -3.17. The Morgan fingerprint density at radius 1 is 1.02 bits per heavy atom. The highest BCUT2D eigenvalue weighted by molar-refractivity contribution is 6.04. The number of alkyl halides is 3. The zero-order valence-corrected chi connectivity index (χ0v) is 23.8. The lowest BCUT2D eigenvalue weighted by Gasteiger charge is -2.34. The largest absolute Gasteiger partial charge is 0.438 e. The maximum absolute atomic E-state index is 14.0.